The molecule has 19 heavy (non-hydrogen) atoms. The largest absolute Gasteiger partial charge is 0.372 e. The molecule has 3 nitrogen and oxygen atoms in total. The molecular weight excluding hydrogens is 234 g/mol. The van der Waals surface area contributed by atoms with Gasteiger partial charge < -0.3 is 4.90 Å². The van der Waals surface area contributed by atoms with Crippen LogP contribution in [0.15, 0.2) is 53.8 Å². The number of aromatic nitrogens is 1. The minimum absolute atomic E-state index is 0.965. The van der Waals surface area contributed by atoms with E-state index in [9.17, 15) is 0 Å². The van der Waals surface area contributed by atoms with E-state index in [1.807, 2.05) is 30.5 Å². The van der Waals surface area contributed by atoms with E-state index in [1.165, 1.54) is 5.69 Å². The molecule has 1 aromatic carbocycles. The van der Waals surface area contributed by atoms with Gasteiger partial charge in [0.15, 0.2) is 0 Å². The number of aliphatic imine (C=N–C) groups is 1. The van der Waals surface area contributed by atoms with Crippen LogP contribution in [-0.2, 0) is 0 Å². The standard InChI is InChI=1S/C16H19N3/c1-3-19(4-2)16-7-5-15(6-8-16)18-13-14-9-11-17-12-10-14/h5-13H,3-4H2,1-2H3. The summed E-state index contributed by atoms with van der Waals surface area (Å²) in [5, 5.41) is 0. The molecule has 0 spiro atoms. The van der Waals surface area contributed by atoms with Crippen molar-refractivity contribution in [2.24, 2.45) is 4.99 Å². The molecule has 0 aliphatic rings. The molecule has 0 saturated carbocycles. The highest BCUT2D eigenvalue weighted by Gasteiger charge is 2.00. The van der Waals surface area contributed by atoms with Crippen molar-refractivity contribution < 1.29 is 0 Å². The highest BCUT2D eigenvalue weighted by atomic mass is 15.1. The molecule has 1 heterocycles. The number of nitrogens with zero attached hydrogens (tertiary/aromatic N) is 3. The Morgan fingerprint density at radius 2 is 1.63 bits per heavy atom. The summed E-state index contributed by atoms with van der Waals surface area (Å²) in [6.45, 7) is 6.38. The monoisotopic (exact) mass is 253 g/mol. The maximum atomic E-state index is 4.46. The Morgan fingerprint density at radius 1 is 1.00 bits per heavy atom. The van der Waals surface area contributed by atoms with Gasteiger partial charge in [0.2, 0.25) is 0 Å². The molecule has 0 aliphatic heterocycles. The van der Waals surface area contributed by atoms with Gasteiger partial charge in [-0.15, -0.1) is 0 Å². The summed E-state index contributed by atoms with van der Waals surface area (Å²) in [6.07, 6.45) is 5.39. The van der Waals surface area contributed by atoms with Gasteiger partial charge >= 0.3 is 0 Å². The van der Waals surface area contributed by atoms with Crippen molar-refractivity contribution in [3.05, 3.63) is 54.4 Å². The number of benzene rings is 1. The van der Waals surface area contributed by atoms with E-state index >= 15 is 0 Å². The third kappa shape index (κ3) is 3.65. The van der Waals surface area contributed by atoms with E-state index in [0.717, 1.165) is 24.3 Å². The third-order valence-electron chi connectivity index (χ3n) is 3.05. The fraction of sp³-hybridized carbons (Fsp3) is 0.250. The first-order valence-corrected chi connectivity index (χ1v) is 6.62. The molecule has 0 saturated heterocycles. The summed E-state index contributed by atoms with van der Waals surface area (Å²) in [5.74, 6) is 0. The minimum Gasteiger partial charge on any atom is -0.372 e. The first-order chi connectivity index (χ1) is 9.33. The predicted molar refractivity (Wildman–Crippen MR) is 81.5 cm³/mol. The number of hydrogen-bond donors (Lipinski definition) is 0. The Labute approximate surface area is 114 Å². The number of rotatable bonds is 5. The summed E-state index contributed by atoms with van der Waals surface area (Å²) in [7, 11) is 0. The predicted octanol–water partition coefficient (Wildman–Crippen LogP) is 3.68. The smallest absolute Gasteiger partial charge is 0.0631 e. The van der Waals surface area contributed by atoms with Gasteiger partial charge in [0.05, 0.1) is 5.69 Å². The van der Waals surface area contributed by atoms with Crippen molar-refractivity contribution in [3.8, 4) is 0 Å². The van der Waals surface area contributed by atoms with Gasteiger partial charge in [0.25, 0.3) is 0 Å². The van der Waals surface area contributed by atoms with Crippen molar-refractivity contribution in [2.75, 3.05) is 18.0 Å². The zero-order chi connectivity index (χ0) is 13.5. The summed E-state index contributed by atoms with van der Waals surface area (Å²) in [6, 6.07) is 12.2. The van der Waals surface area contributed by atoms with E-state index in [1.54, 1.807) is 12.4 Å². The summed E-state index contributed by atoms with van der Waals surface area (Å²) in [5.41, 5.74) is 3.27. The first kappa shape index (κ1) is 13.3. The Balaban J connectivity index is 2.09. The highest BCUT2D eigenvalue weighted by Crippen LogP contribution is 2.19. The average Bonchev–Trinajstić information content (AvgIpc) is 2.49. The quantitative estimate of drug-likeness (QED) is 0.760. The minimum atomic E-state index is 0.965. The second-order valence-electron chi connectivity index (χ2n) is 4.23. The van der Waals surface area contributed by atoms with Crippen LogP contribution >= 0.6 is 0 Å². The molecule has 98 valence electrons. The second-order valence-corrected chi connectivity index (χ2v) is 4.23. The number of pyridine rings is 1. The van der Waals surface area contributed by atoms with E-state index in [2.05, 4.69) is 40.9 Å². The molecule has 2 rings (SSSR count). The van der Waals surface area contributed by atoms with Crippen molar-refractivity contribution >= 4 is 17.6 Å². The van der Waals surface area contributed by atoms with E-state index in [0.29, 0.717) is 0 Å². The van der Waals surface area contributed by atoms with Crippen LogP contribution in [0.2, 0.25) is 0 Å². The molecule has 0 radical (unpaired) electrons. The number of anilines is 1. The lowest BCUT2D eigenvalue weighted by Gasteiger charge is -2.20. The molecule has 0 N–H and O–H groups in total. The zero-order valence-corrected chi connectivity index (χ0v) is 11.5. The van der Waals surface area contributed by atoms with Crippen LogP contribution in [0.5, 0.6) is 0 Å². The Morgan fingerprint density at radius 3 is 2.21 bits per heavy atom. The van der Waals surface area contributed by atoms with Gasteiger partial charge in [-0.25, -0.2) is 0 Å². The third-order valence-corrected chi connectivity index (χ3v) is 3.05. The van der Waals surface area contributed by atoms with Gasteiger partial charge in [-0.1, -0.05) is 0 Å². The fourth-order valence-electron chi connectivity index (χ4n) is 1.94. The van der Waals surface area contributed by atoms with Crippen LogP contribution in [0.3, 0.4) is 0 Å². The van der Waals surface area contributed by atoms with Crippen molar-refractivity contribution in [1.82, 2.24) is 4.98 Å². The van der Waals surface area contributed by atoms with Gasteiger partial charge in [0.1, 0.15) is 0 Å². The van der Waals surface area contributed by atoms with Crippen molar-refractivity contribution in [2.45, 2.75) is 13.8 Å². The van der Waals surface area contributed by atoms with Crippen LogP contribution in [0.1, 0.15) is 19.4 Å². The summed E-state index contributed by atoms with van der Waals surface area (Å²) in [4.78, 5) is 10.8. The molecule has 0 bridgehead atoms. The SMILES string of the molecule is CCN(CC)c1ccc(N=Cc2ccncc2)cc1. The average molecular weight is 253 g/mol. The molecule has 0 atom stereocenters. The topological polar surface area (TPSA) is 28.5 Å². The summed E-state index contributed by atoms with van der Waals surface area (Å²) >= 11 is 0. The lowest BCUT2D eigenvalue weighted by molar-refractivity contribution is 0.866. The van der Waals surface area contributed by atoms with Crippen molar-refractivity contribution in [3.63, 3.8) is 0 Å². The normalized spacial score (nSPS) is 10.8. The van der Waals surface area contributed by atoms with Gasteiger partial charge in [0, 0.05) is 37.4 Å². The van der Waals surface area contributed by atoms with E-state index in [4.69, 9.17) is 0 Å². The molecule has 0 unspecified atom stereocenters. The molecular formula is C16H19N3. The number of hydrogen-bond acceptors (Lipinski definition) is 3. The highest BCUT2D eigenvalue weighted by molar-refractivity contribution is 5.81. The molecule has 3 heteroatoms. The maximum absolute atomic E-state index is 4.46. The first-order valence-electron chi connectivity index (χ1n) is 6.62. The van der Waals surface area contributed by atoms with Crippen LogP contribution in [-0.4, -0.2) is 24.3 Å². The molecule has 0 aliphatic carbocycles. The summed E-state index contributed by atoms with van der Waals surface area (Å²) < 4.78 is 0. The van der Waals surface area contributed by atoms with Gasteiger partial charge in [-0.05, 0) is 55.8 Å². The van der Waals surface area contributed by atoms with E-state index < -0.39 is 0 Å². The second kappa shape index (κ2) is 6.69. The molecule has 0 amide bonds. The Bertz CT molecular complexity index is 513. The molecule has 2 aromatic rings. The van der Waals surface area contributed by atoms with Crippen LogP contribution in [0.4, 0.5) is 11.4 Å². The van der Waals surface area contributed by atoms with Gasteiger partial charge in [-0.3, -0.25) is 9.98 Å². The lowest BCUT2D eigenvalue weighted by Crippen LogP contribution is -2.21. The molecule has 0 fully saturated rings. The van der Waals surface area contributed by atoms with Crippen LogP contribution in [0, 0.1) is 0 Å². The van der Waals surface area contributed by atoms with Crippen molar-refractivity contribution in [1.29, 1.82) is 0 Å². The fourth-order valence-corrected chi connectivity index (χ4v) is 1.94. The lowest BCUT2D eigenvalue weighted by atomic mass is 10.2. The Kier molecular flexibility index (Phi) is 4.67. The van der Waals surface area contributed by atoms with Gasteiger partial charge in [-0.2, -0.15) is 0 Å². The molecule has 1 aromatic heterocycles. The Hall–Kier alpha value is -2.16. The van der Waals surface area contributed by atoms with Crippen LogP contribution in [0.25, 0.3) is 0 Å². The maximum Gasteiger partial charge on any atom is 0.0631 e. The van der Waals surface area contributed by atoms with Crippen LogP contribution < -0.4 is 4.90 Å². The van der Waals surface area contributed by atoms with E-state index in [-0.39, 0.29) is 0 Å². The zero-order valence-electron chi connectivity index (χ0n) is 11.5.